The second-order valence-electron chi connectivity index (χ2n) is 7.04. The first-order valence-corrected chi connectivity index (χ1v) is 9.34. The van der Waals surface area contributed by atoms with E-state index in [0.29, 0.717) is 19.7 Å². The van der Waals surface area contributed by atoms with Crippen LogP contribution in [-0.4, -0.2) is 23.0 Å². The molecule has 2 aromatic carbocycles. The van der Waals surface area contributed by atoms with Crippen molar-refractivity contribution in [2.45, 2.75) is 47.4 Å². The van der Waals surface area contributed by atoms with Gasteiger partial charge in [0, 0.05) is 19.5 Å². The molecule has 6 heteroatoms. The predicted molar refractivity (Wildman–Crippen MR) is 109 cm³/mol. The highest BCUT2D eigenvalue weighted by molar-refractivity contribution is 5.76. The molecule has 6 nitrogen and oxygen atoms in total. The fourth-order valence-corrected chi connectivity index (χ4v) is 3.50. The summed E-state index contributed by atoms with van der Waals surface area (Å²) in [5.41, 5.74) is 7.72. The Labute approximate surface area is 165 Å². The molecule has 0 aliphatic rings. The lowest BCUT2D eigenvalue weighted by atomic mass is 9.93. The van der Waals surface area contributed by atoms with Gasteiger partial charge in [0.1, 0.15) is 18.2 Å². The maximum atomic E-state index is 11.2. The van der Waals surface area contributed by atoms with Crippen molar-refractivity contribution in [3.63, 3.8) is 0 Å². The Morgan fingerprint density at radius 2 is 1.86 bits per heavy atom. The van der Waals surface area contributed by atoms with Crippen molar-refractivity contribution in [2.24, 2.45) is 0 Å². The third-order valence-electron chi connectivity index (χ3n) is 5.04. The van der Waals surface area contributed by atoms with E-state index in [4.69, 9.17) is 9.47 Å². The fraction of sp³-hybridized carbons (Fsp3) is 0.364. The molecule has 0 saturated carbocycles. The minimum Gasteiger partial charge on any atom is -0.497 e. The molecule has 148 valence electrons. The van der Waals surface area contributed by atoms with E-state index in [-0.39, 0.29) is 5.97 Å². The van der Waals surface area contributed by atoms with Gasteiger partial charge in [-0.1, -0.05) is 6.07 Å². The molecule has 3 aromatic rings. The molecule has 0 atom stereocenters. The number of hydrogen-bond donors (Lipinski definition) is 2. The van der Waals surface area contributed by atoms with E-state index in [0.717, 1.165) is 33.7 Å². The number of nitrogens with one attached hydrogen (secondary N) is 2. The third-order valence-corrected chi connectivity index (χ3v) is 5.04. The monoisotopic (exact) mass is 381 g/mol. The van der Waals surface area contributed by atoms with E-state index in [9.17, 15) is 4.79 Å². The zero-order valence-corrected chi connectivity index (χ0v) is 17.1. The van der Waals surface area contributed by atoms with Crippen LogP contribution in [0.1, 0.15) is 40.6 Å². The molecule has 0 aliphatic heterocycles. The van der Waals surface area contributed by atoms with Gasteiger partial charge in [-0.25, -0.2) is 4.98 Å². The number of carbonyl (C=O) groups excluding carboxylic acids is 1. The second-order valence-corrected chi connectivity index (χ2v) is 7.04. The number of carbonyl (C=O) groups is 1. The van der Waals surface area contributed by atoms with Crippen molar-refractivity contribution in [1.82, 2.24) is 15.3 Å². The number of fused-ring (bicyclic) bond motifs is 1. The van der Waals surface area contributed by atoms with Gasteiger partial charge in [0.15, 0.2) is 0 Å². The Morgan fingerprint density at radius 1 is 1.11 bits per heavy atom. The van der Waals surface area contributed by atoms with Gasteiger partial charge in [-0.15, -0.1) is 0 Å². The molecule has 1 heterocycles. The molecule has 3 rings (SSSR count). The van der Waals surface area contributed by atoms with Crippen molar-refractivity contribution in [3.8, 4) is 5.75 Å². The van der Waals surface area contributed by atoms with E-state index >= 15 is 0 Å². The maximum Gasteiger partial charge on any atom is 0.302 e. The SMILES string of the molecule is COc1ccc2nc(CNCc3c(C)cc(C)c(COC(C)=O)c3C)[nH]c2c1. The normalized spacial score (nSPS) is 11.0. The van der Waals surface area contributed by atoms with Gasteiger partial charge in [0.25, 0.3) is 0 Å². The molecule has 1 aromatic heterocycles. The lowest BCUT2D eigenvalue weighted by Gasteiger charge is -2.17. The number of aromatic nitrogens is 2. The lowest BCUT2D eigenvalue weighted by molar-refractivity contribution is -0.142. The van der Waals surface area contributed by atoms with Crippen LogP contribution in [0.5, 0.6) is 5.75 Å². The number of aromatic amines is 1. The van der Waals surface area contributed by atoms with Gasteiger partial charge in [-0.2, -0.15) is 0 Å². The number of esters is 1. The standard InChI is InChI=1S/C22H27N3O3/c1-13-8-14(2)19(12-28-16(4)26)15(3)18(13)10-23-11-22-24-20-7-6-17(27-5)9-21(20)25-22/h6-9,23H,10-12H2,1-5H3,(H,24,25). The van der Waals surface area contributed by atoms with Crippen LogP contribution in [0.25, 0.3) is 11.0 Å². The van der Waals surface area contributed by atoms with Gasteiger partial charge in [-0.05, 0) is 60.7 Å². The summed E-state index contributed by atoms with van der Waals surface area (Å²) in [5.74, 6) is 1.42. The summed E-state index contributed by atoms with van der Waals surface area (Å²) < 4.78 is 10.5. The largest absolute Gasteiger partial charge is 0.497 e. The Morgan fingerprint density at radius 3 is 2.57 bits per heavy atom. The molecule has 0 fully saturated rings. The van der Waals surface area contributed by atoms with Crippen LogP contribution in [0.3, 0.4) is 0 Å². The summed E-state index contributed by atoms with van der Waals surface area (Å²) in [6, 6.07) is 7.95. The van der Waals surface area contributed by atoms with Crippen molar-refractivity contribution >= 4 is 17.0 Å². The van der Waals surface area contributed by atoms with Crippen LogP contribution in [0.4, 0.5) is 0 Å². The fourth-order valence-electron chi connectivity index (χ4n) is 3.50. The molecule has 0 unspecified atom stereocenters. The number of nitrogens with zero attached hydrogens (tertiary/aromatic N) is 1. The quantitative estimate of drug-likeness (QED) is 0.608. The third kappa shape index (κ3) is 4.34. The molecule has 0 radical (unpaired) electrons. The first-order valence-electron chi connectivity index (χ1n) is 9.34. The number of imidazole rings is 1. The van der Waals surface area contributed by atoms with E-state index in [1.807, 2.05) is 18.2 Å². The van der Waals surface area contributed by atoms with Crippen molar-refractivity contribution in [1.29, 1.82) is 0 Å². The number of rotatable bonds is 7. The van der Waals surface area contributed by atoms with Gasteiger partial charge in [-0.3, -0.25) is 4.79 Å². The summed E-state index contributed by atoms with van der Waals surface area (Å²) in [4.78, 5) is 19.1. The Kier molecular flexibility index (Phi) is 5.99. The maximum absolute atomic E-state index is 11.2. The molecule has 0 spiro atoms. The number of ether oxygens (including phenoxy) is 2. The van der Waals surface area contributed by atoms with Crippen molar-refractivity contribution in [3.05, 3.63) is 57.9 Å². The number of aryl methyl sites for hydroxylation is 2. The molecule has 0 aliphatic carbocycles. The topological polar surface area (TPSA) is 76.2 Å². The number of benzene rings is 2. The zero-order valence-electron chi connectivity index (χ0n) is 17.1. The first-order chi connectivity index (χ1) is 13.4. The van der Waals surface area contributed by atoms with Crippen LogP contribution in [0.15, 0.2) is 24.3 Å². The highest BCUT2D eigenvalue weighted by Crippen LogP contribution is 2.23. The molecule has 0 saturated heterocycles. The summed E-state index contributed by atoms with van der Waals surface area (Å²) in [6.45, 7) is 9.34. The molecule has 0 bridgehead atoms. The van der Waals surface area contributed by atoms with Crippen LogP contribution in [0.2, 0.25) is 0 Å². The molecule has 28 heavy (non-hydrogen) atoms. The van der Waals surface area contributed by atoms with Crippen LogP contribution in [0, 0.1) is 20.8 Å². The molecule has 0 amide bonds. The minimum atomic E-state index is -0.263. The summed E-state index contributed by atoms with van der Waals surface area (Å²) in [7, 11) is 1.65. The average molecular weight is 381 g/mol. The van der Waals surface area contributed by atoms with E-state index in [1.54, 1.807) is 7.11 Å². The summed E-state index contributed by atoms with van der Waals surface area (Å²) >= 11 is 0. The van der Waals surface area contributed by atoms with E-state index in [1.165, 1.54) is 23.6 Å². The predicted octanol–water partition coefficient (Wildman–Crippen LogP) is 3.85. The van der Waals surface area contributed by atoms with Crippen LogP contribution < -0.4 is 10.1 Å². The van der Waals surface area contributed by atoms with Crippen molar-refractivity contribution < 1.29 is 14.3 Å². The van der Waals surface area contributed by atoms with Crippen LogP contribution in [-0.2, 0) is 29.2 Å². The number of methoxy groups -OCH3 is 1. The Balaban J connectivity index is 1.72. The first kappa shape index (κ1) is 19.9. The highest BCUT2D eigenvalue weighted by atomic mass is 16.5. The highest BCUT2D eigenvalue weighted by Gasteiger charge is 2.12. The summed E-state index contributed by atoms with van der Waals surface area (Å²) in [5, 5.41) is 3.47. The smallest absolute Gasteiger partial charge is 0.302 e. The Hall–Kier alpha value is -2.86. The summed E-state index contributed by atoms with van der Waals surface area (Å²) in [6.07, 6.45) is 0. The lowest BCUT2D eigenvalue weighted by Crippen LogP contribution is -2.17. The van der Waals surface area contributed by atoms with Gasteiger partial charge in [0.05, 0.1) is 24.7 Å². The molecular formula is C22H27N3O3. The zero-order chi connectivity index (χ0) is 20.3. The molecule has 2 N–H and O–H groups in total. The second kappa shape index (κ2) is 8.44. The van der Waals surface area contributed by atoms with E-state index < -0.39 is 0 Å². The van der Waals surface area contributed by atoms with Gasteiger partial charge < -0.3 is 19.8 Å². The van der Waals surface area contributed by atoms with E-state index in [2.05, 4.69) is 42.1 Å². The van der Waals surface area contributed by atoms with Crippen molar-refractivity contribution in [2.75, 3.05) is 7.11 Å². The number of H-pyrrole nitrogens is 1. The van der Waals surface area contributed by atoms with Gasteiger partial charge >= 0.3 is 5.97 Å². The van der Waals surface area contributed by atoms with Gasteiger partial charge in [0.2, 0.25) is 0 Å². The minimum absolute atomic E-state index is 0.263. The Bertz CT molecular complexity index is 1010. The molecular weight excluding hydrogens is 354 g/mol. The number of hydrogen-bond acceptors (Lipinski definition) is 5. The average Bonchev–Trinajstić information content (AvgIpc) is 3.05. The van der Waals surface area contributed by atoms with Crippen LogP contribution >= 0.6 is 0 Å².